The standard InChI is InChI=1S/C12H18N4O2/c1-16-5-4-13-11(16)12(17)15-9-7-14-8-3-2-6-18-10(8)9/h4-5,8-10,14H,2-3,6-7H2,1H3,(H,15,17)/t8-,9-,10+/m1/s1. The van der Waals surface area contributed by atoms with Crippen LogP contribution in [0.25, 0.3) is 0 Å². The molecule has 3 rings (SSSR count). The normalized spacial score (nSPS) is 31.1. The van der Waals surface area contributed by atoms with E-state index in [-0.39, 0.29) is 18.1 Å². The Morgan fingerprint density at radius 2 is 2.56 bits per heavy atom. The molecule has 0 aliphatic carbocycles. The Kier molecular flexibility index (Phi) is 3.05. The molecule has 1 aromatic rings. The van der Waals surface area contributed by atoms with Crippen molar-refractivity contribution in [2.24, 2.45) is 7.05 Å². The van der Waals surface area contributed by atoms with Crippen molar-refractivity contribution in [2.75, 3.05) is 13.2 Å². The highest BCUT2D eigenvalue weighted by atomic mass is 16.5. The Balaban J connectivity index is 1.66. The molecule has 0 unspecified atom stereocenters. The largest absolute Gasteiger partial charge is 0.374 e. The summed E-state index contributed by atoms with van der Waals surface area (Å²) in [6.45, 7) is 1.56. The zero-order chi connectivity index (χ0) is 12.5. The summed E-state index contributed by atoms with van der Waals surface area (Å²) in [5.74, 6) is 0.304. The van der Waals surface area contributed by atoms with E-state index in [1.165, 1.54) is 0 Å². The molecule has 18 heavy (non-hydrogen) atoms. The fourth-order valence-electron chi connectivity index (χ4n) is 2.76. The topological polar surface area (TPSA) is 68.2 Å². The van der Waals surface area contributed by atoms with Gasteiger partial charge in [-0.05, 0) is 12.8 Å². The van der Waals surface area contributed by atoms with Crippen LogP contribution in [-0.2, 0) is 11.8 Å². The molecule has 2 saturated heterocycles. The Hall–Kier alpha value is -1.40. The molecule has 6 nitrogen and oxygen atoms in total. The molecular formula is C12H18N4O2. The number of carbonyl (C=O) groups is 1. The van der Waals surface area contributed by atoms with E-state index in [0.29, 0.717) is 11.9 Å². The first-order valence-electron chi connectivity index (χ1n) is 6.39. The molecule has 0 aromatic carbocycles. The number of hydrogen-bond acceptors (Lipinski definition) is 4. The average molecular weight is 250 g/mol. The van der Waals surface area contributed by atoms with Gasteiger partial charge in [0.05, 0.1) is 12.1 Å². The third kappa shape index (κ3) is 2.02. The molecule has 1 aromatic heterocycles. The molecule has 2 aliphatic heterocycles. The zero-order valence-corrected chi connectivity index (χ0v) is 10.4. The van der Waals surface area contributed by atoms with E-state index in [9.17, 15) is 4.79 Å². The average Bonchev–Trinajstić information content (AvgIpc) is 2.97. The van der Waals surface area contributed by atoms with E-state index in [1.807, 2.05) is 7.05 Å². The Morgan fingerprint density at radius 1 is 1.67 bits per heavy atom. The van der Waals surface area contributed by atoms with Gasteiger partial charge in [-0.3, -0.25) is 4.79 Å². The van der Waals surface area contributed by atoms with E-state index in [1.54, 1.807) is 17.0 Å². The lowest BCUT2D eigenvalue weighted by Crippen LogP contribution is -2.47. The van der Waals surface area contributed by atoms with Gasteiger partial charge in [-0.15, -0.1) is 0 Å². The fourth-order valence-corrected chi connectivity index (χ4v) is 2.76. The predicted octanol–water partition coefficient (Wildman–Crippen LogP) is -0.331. The number of aryl methyl sites for hydroxylation is 1. The quantitative estimate of drug-likeness (QED) is 0.754. The van der Waals surface area contributed by atoms with Crippen molar-refractivity contribution in [3.05, 3.63) is 18.2 Å². The minimum Gasteiger partial charge on any atom is -0.374 e. The maximum absolute atomic E-state index is 12.1. The van der Waals surface area contributed by atoms with Crippen molar-refractivity contribution >= 4 is 5.91 Å². The van der Waals surface area contributed by atoms with Crippen molar-refractivity contribution in [1.82, 2.24) is 20.2 Å². The first-order chi connectivity index (χ1) is 8.75. The summed E-state index contributed by atoms with van der Waals surface area (Å²) in [4.78, 5) is 16.1. The van der Waals surface area contributed by atoms with Crippen molar-refractivity contribution in [3.8, 4) is 0 Å². The fraction of sp³-hybridized carbons (Fsp3) is 0.667. The maximum atomic E-state index is 12.1. The molecule has 0 spiro atoms. The van der Waals surface area contributed by atoms with Crippen molar-refractivity contribution in [2.45, 2.75) is 31.0 Å². The van der Waals surface area contributed by atoms with Gasteiger partial charge in [0.2, 0.25) is 0 Å². The van der Waals surface area contributed by atoms with E-state index in [0.717, 1.165) is 26.0 Å². The number of rotatable bonds is 2. The summed E-state index contributed by atoms with van der Waals surface area (Å²) in [5, 5.41) is 6.42. The number of nitrogens with zero attached hydrogens (tertiary/aromatic N) is 2. The van der Waals surface area contributed by atoms with Gasteiger partial charge in [0, 0.05) is 38.6 Å². The number of aromatic nitrogens is 2. The lowest BCUT2D eigenvalue weighted by atomic mass is 10.0. The Morgan fingerprint density at radius 3 is 3.33 bits per heavy atom. The van der Waals surface area contributed by atoms with Gasteiger partial charge in [-0.2, -0.15) is 0 Å². The second-order valence-electron chi connectivity index (χ2n) is 4.93. The van der Waals surface area contributed by atoms with Crippen LogP contribution >= 0.6 is 0 Å². The van der Waals surface area contributed by atoms with Gasteiger partial charge in [-0.25, -0.2) is 4.98 Å². The summed E-state index contributed by atoms with van der Waals surface area (Å²) in [5.41, 5.74) is 0. The number of imidazole rings is 1. The number of carbonyl (C=O) groups excluding carboxylic acids is 1. The summed E-state index contributed by atoms with van der Waals surface area (Å²) < 4.78 is 7.48. The highest BCUT2D eigenvalue weighted by molar-refractivity contribution is 5.91. The van der Waals surface area contributed by atoms with Gasteiger partial charge in [0.25, 0.3) is 5.91 Å². The Labute approximate surface area is 106 Å². The molecule has 6 heteroatoms. The van der Waals surface area contributed by atoms with E-state index in [4.69, 9.17) is 4.74 Å². The highest BCUT2D eigenvalue weighted by Crippen LogP contribution is 2.21. The van der Waals surface area contributed by atoms with Gasteiger partial charge >= 0.3 is 0 Å². The highest BCUT2D eigenvalue weighted by Gasteiger charge is 2.39. The third-order valence-electron chi connectivity index (χ3n) is 3.70. The molecule has 3 atom stereocenters. The third-order valence-corrected chi connectivity index (χ3v) is 3.70. The number of hydrogen-bond donors (Lipinski definition) is 2. The second kappa shape index (κ2) is 4.70. The van der Waals surface area contributed by atoms with E-state index >= 15 is 0 Å². The molecule has 0 radical (unpaired) electrons. The molecule has 1 amide bonds. The van der Waals surface area contributed by atoms with Crippen molar-refractivity contribution in [3.63, 3.8) is 0 Å². The van der Waals surface area contributed by atoms with Crippen LogP contribution in [0.3, 0.4) is 0 Å². The van der Waals surface area contributed by atoms with Gasteiger partial charge in [0.15, 0.2) is 5.82 Å². The molecule has 98 valence electrons. The van der Waals surface area contributed by atoms with Gasteiger partial charge < -0.3 is 19.9 Å². The van der Waals surface area contributed by atoms with Crippen LogP contribution in [0, 0.1) is 0 Å². The molecule has 2 fully saturated rings. The van der Waals surface area contributed by atoms with Crippen LogP contribution in [0.2, 0.25) is 0 Å². The minimum atomic E-state index is -0.135. The van der Waals surface area contributed by atoms with Crippen LogP contribution in [-0.4, -0.2) is 46.8 Å². The summed E-state index contributed by atoms with van der Waals surface area (Å²) >= 11 is 0. The maximum Gasteiger partial charge on any atom is 0.287 e. The molecule has 2 aliphatic rings. The SMILES string of the molecule is Cn1ccnc1C(=O)N[C@@H]1CN[C@@H]2CCCO[C@@H]21. The van der Waals surface area contributed by atoms with Crippen LogP contribution in [0.4, 0.5) is 0 Å². The second-order valence-corrected chi connectivity index (χ2v) is 4.93. The van der Waals surface area contributed by atoms with Gasteiger partial charge in [-0.1, -0.05) is 0 Å². The monoisotopic (exact) mass is 250 g/mol. The first-order valence-corrected chi connectivity index (χ1v) is 6.39. The number of fused-ring (bicyclic) bond motifs is 1. The van der Waals surface area contributed by atoms with Crippen LogP contribution in [0.15, 0.2) is 12.4 Å². The molecule has 2 N–H and O–H groups in total. The van der Waals surface area contributed by atoms with Crippen molar-refractivity contribution in [1.29, 1.82) is 0 Å². The number of ether oxygens (including phenoxy) is 1. The zero-order valence-electron chi connectivity index (χ0n) is 10.4. The molecular weight excluding hydrogens is 232 g/mol. The van der Waals surface area contributed by atoms with Crippen LogP contribution < -0.4 is 10.6 Å². The molecule has 0 bridgehead atoms. The minimum absolute atomic E-state index is 0.0412. The summed E-state index contributed by atoms with van der Waals surface area (Å²) in [6.07, 6.45) is 5.71. The first kappa shape index (κ1) is 11.7. The molecule has 0 saturated carbocycles. The summed E-state index contributed by atoms with van der Waals surface area (Å²) in [7, 11) is 1.81. The lowest BCUT2D eigenvalue weighted by molar-refractivity contribution is -0.00223. The molecule has 3 heterocycles. The van der Waals surface area contributed by atoms with Crippen LogP contribution in [0.5, 0.6) is 0 Å². The summed E-state index contributed by atoms with van der Waals surface area (Å²) in [6, 6.07) is 0.421. The van der Waals surface area contributed by atoms with Crippen LogP contribution in [0.1, 0.15) is 23.5 Å². The predicted molar refractivity (Wildman–Crippen MR) is 65.2 cm³/mol. The van der Waals surface area contributed by atoms with E-state index < -0.39 is 0 Å². The van der Waals surface area contributed by atoms with E-state index in [2.05, 4.69) is 15.6 Å². The lowest BCUT2D eigenvalue weighted by Gasteiger charge is -2.29. The van der Waals surface area contributed by atoms with Crippen molar-refractivity contribution < 1.29 is 9.53 Å². The van der Waals surface area contributed by atoms with Gasteiger partial charge in [0.1, 0.15) is 0 Å². The number of nitrogens with one attached hydrogen (secondary N) is 2. The Bertz CT molecular complexity index is 445. The smallest absolute Gasteiger partial charge is 0.287 e. The number of amides is 1.